The topological polar surface area (TPSA) is 73.3 Å². The summed E-state index contributed by atoms with van der Waals surface area (Å²) in [7, 11) is 8.65. The summed E-state index contributed by atoms with van der Waals surface area (Å²) in [6.45, 7) is 16.3. The molecule has 2 aromatic carbocycles. The van der Waals surface area contributed by atoms with Crippen LogP contribution >= 0.6 is 0 Å². The van der Waals surface area contributed by atoms with Crippen LogP contribution in [0.5, 0.6) is 0 Å². The molecule has 8 rings (SSSR count). The maximum absolute atomic E-state index is 5.09. The van der Waals surface area contributed by atoms with E-state index in [1.165, 1.54) is 19.3 Å². The van der Waals surface area contributed by atoms with E-state index < -0.39 is 0 Å². The van der Waals surface area contributed by atoms with Crippen LogP contribution in [0.3, 0.4) is 0 Å². The smallest absolute Gasteiger partial charge is 0.155 e. The lowest BCUT2D eigenvalue weighted by atomic mass is 10.0. The van der Waals surface area contributed by atoms with Crippen molar-refractivity contribution in [3.05, 3.63) is 97.1 Å². The van der Waals surface area contributed by atoms with E-state index in [4.69, 9.17) is 9.97 Å². The van der Waals surface area contributed by atoms with E-state index >= 15 is 0 Å². The van der Waals surface area contributed by atoms with Gasteiger partial charge < -0.3 is 19.6 Å². The van der Waals surface area contributed by atoms with Gasteiger partial charge in [0, 0.05) is 77.6 Å². The number of rotatable bonds is 6. The Morgan fingerprint density at radius 3 is 1.33 bits per heavy atom. The minimum absolute atomic E-state index is 0. The molecule has 12 heteroatoms. The lowest BCUT2D eigenvalue weighted by Gasteiger charge is -2.36. The zero-order chi connectivity index (χ0) is 38.1. The first kappa shape index (κ1) is 44.7. The zero-order valence-electron chi connectivity index (χ0n) is 34.8. The number of likely N-dealkylation sites (N-methyl/N-ethyl adjacent to an activating group) is 1. The highest BCUT2D eigenvalue weighted by atomic mass is 15.3. The van der Waals surface area contributed by atoms with E-state index in [-0.39, 0.29) is 16.8 Å². The number of fused-ring (bicyclic) bond motifs is 2. The highest BCUT2D eigenvalue weighted by Crippen LogP contribution is 2.32. The van der Waals surface area contributed by atoms with Gasteiger partial charge in [-0.15, -0.1) is 0 Å². The monoisotopic (exact) mass is 739 g/mol. The van der Waals surface area contributed by atoms with Crippen LogP contribution in [0.1, 0.15) is 58.3 Å². The number of piperidine rings is 1. The molecule has 0 N–H and O–H groups in total. The lowest BCUT2D eigenvalue weighted by Crippen LogP contribution is -2.42. The Kier molecular flexibility index (Phi) is 17.0. The summed E-state index contributed by atoms with van der Waals surface area (Å²) < 4.78 is 4.33. The Bertz CT molecular complexity index is 2020. The second kappa shape index (κ2) is 20.9. The van der Waals surface area contributed by atoms with Crippen molar-refractivity contribution in [3.8, 4) is 22.5 Å². The van der Waals surface area contributed by atoms with Gasteiger partial charge in [-0.05, 0) is 61.3 Å². The van der Waals surface area contributed by atoms with Gasteiger partial charge in [-0.3, -0.25) is 8.80 Å². The number of imidazole rings is 2. The van der Waals surface area contributed by atoms with Crippen LogP contribution in [0.2, 0.25) is 0 Å². The minimum atomic E-state index is 0. The molecule has 2 fully saturated rings. The second-order valence-electron chi connectivity index (χ2n) is 13.8. The molecule has 0 unspecified atom stereocenters. The van der Waals surface area contributed by atoms with Gasteiger partial charge in [0.05, 0.1) is 36.4 Å². The highest BCUT2D eigenvalue weighted by molar-refractivity contribution is 5.76. The first-order chi connectivity index (χ1) is 25.8. The van der Waals surface area contributed by atoms with E-state index in [1.807, 2.05) is 64.9 Å². The molecule has 0 saturated carbocycles. The van der Waals surface area contributed by atoms with Crippen molar-refractivity contribution >= 4 is 39.5 Å². The van der Waals surface area contributed by atoms with Crippen molar-refractivity contribution < 1.29 is 0 Å². The molecular weight excluding hydrogens is 678 g/mol. The van der Waals surface area contributed by atoms with E-state index in [2.05, 4.69) is 129 Å². The molecule has 6 aromatic rings. The van der Waals surface area contributed by atoms with E-state index in [0.29, 0.717) is 12.1 Å². The van der Waals surface area contributed by atoms with Crippen LogP contribution in [0.4, 0.5) is 11.6 Å². The minimum Gasteiger partial charge on any atom is -0.355 e. The molecule has 4 aromatic heterocycles. The fraction of sp³-hybridized carbons (Fsp3) is 0.442. The van der Waals surface area contributed by atoms with E-state index in [0.717, 1.165) is 82.8 Å². The third-order valence-corrected chi connectivity index (χ3v) is 10.4. The number of aromatic nitrogens is 6. The van der Waals surface area contributed by atoms with Crippen molar-refractivity contribution in [2.24, 2.45) is 0 Å². The average Bonchev–Trinajstić information content (AvgIpc) is 4.01. The number of aryl methyl sites for hydroxylation is 2. The predicted octanol–water partition coefficient (Wildman–Crippen LogP) is 7.37. The van der Waals surface area contributed by atoms with E-state index in [1.54, 1.807) is 0 Å². The van der Waals surface area contributed by atoms with Gasteiger partial charge >= 0.3 is 0 Å². The molecule has 0 amide bonds. The molecule has 6 radical (unpaired) electrons. The Hall–Kier alpha value is -4.67. The van der Waals surface area contributed by atoms with Crippen LogP contribution in [-0.4, -0.2) is 122 Å². The summed E-state index contributed by atoms with van der Waals surface area (Å²) in [6, 6.07) is 22.1. The lowest BCUT2D eigenvalue weighted by molar-refractivity contribution is 0.249. The van der Waals surface area contributed by atoms with Crippen LogP contribution in [0.15, 0.2) is 85.7 Å². The zero-order valence-corrected chi connectivity index (χ0v) is 34.8. The van der Waals surface area contributed by atoms with Crippen molar-refractivity contribution in [2.75, 3.05) is 64.2 Å². The summed E-state index contributed by atoms with van der Waals surface area (Å²) >= 11 is 0. The fourth-order valence-electron chi connectivity index (χ4n) is 7.33. The van der Waals surface area contributed by atoms with Gasteiger partial charge in [-0.2, -0.15) is 0 Å². The van der Waals surface area contributed by atoms with Gasteiger partial charge in [-0.25, -0.2) is 19.9 Å². The molecule has 1 atom stereocenters. The predicted molar refractivity (Wildman–Crippen MR) is 234 cm³/mol. The molecule has 55 heavy (non-hydrogen) atoms. The number of benzene rings is 2. The molecule has 6 heterocycles. The van der Waals surface area contributed by atoms with Gasteiger partial charge in [0.25, 0.3) is 0 Å². The molecule has 2 saturated heterocycles. The summed E-state index contributed by atoms with van der Waals surface area (Å²) in [5.74, 6) is 2.10. The quantitative estimate of drug-likeness (QED) is 0.164. The largest absolute Gasteiger partial charge is 0.355 e. The molecule has 2 aliphatic heterocycles. The Balaban J connectivity index is 0.000000262. The van der Waals surface area contributed by atoms with E-state index in [9.17, 15) is 0 Å². The van der Waals surface area contributed by atoms with Gasteiger partial charge in [0.2, 0.25) is 0 Å². The number of hydrogen-bond donors (Lipinski definition) is 0. The Morgan fingerprint density at radius 2 is 0.927 bits per heavy atom. The van der Waals surface area contributed by atoms with Crippen molar-refractivity contribution in [3.63, 3.8) is 0 Å². The Labute approximate surface area is 333 Å². The first-order valence-electron chi connectivity index (χ1n) is 19.4. The third-order valence-electron chi connectivity index (χ3n) is 10.4. The molecule has 2 aliphatic rings. The maximum Gasteiger partial charge on any atom is 0.155 e. The number of anilines is 2. The Morgan fingerprint density at radius 1 is 0.545 bits per heavy atom. The first-order valence-corrected chi connectivity index (χ1v) is 19.4. The summed E-state index contributed by atoms with van der Waals surface area (Å²) in [6.07, 6.45) is 11.2. The molecular formula is C43H60B2N10. The van der Waals surface area contributed by atoms with Gasteiger partial charge in [-0.1, -0.05) is 88.4 Å². The molecule has 0 aliphatic carbocycles. The summed E-state index contributed by atoms with van der Waals surface area (Å²) in [5.41, 5.74) is 8.81. The van der Waals surface area contributed by atoms with Crippen LogP contribution in [0.25, 0.3) is 33.5 Å². The van der Waals surface area contributed by atoms with Gasteiger partial charge in [0.1, 0.15) is 11.0 Å². The third kappa shape index (κ3) is 9.77. The van der Waals surface area contributed by atoms with Crippen molar-refractivity contribution in [1.82, 2.24) is 38.5 Å². The second-order valence-corrected chi connectivity index (χ2v) is 13.8. The highest BCUT2D eigenvalue weighted by Gasteiger charge is 2.28. The SMILES string of the molecule is CC.CC.Cc1c(-c2ccccc2)nc(N2CCC(N(C)C)CC2)c2cncn12.Cc1c(-c2ccccc2)nc(N2CC[C@H](N(C)C)C2)c2cncn12.[B].[B]. The normalized spacial score (nSPS) is 15.4. The fourth-order valence-corrected chi connectivity index (χ4v) is 7.33. The average molecular weight is 739 g/mol. The van der Waals surface area contributed by atoms with Crippen LogP contribution in [0, 0.1) is 13.8 Å². The van der Waals surface area contributed by atoms with Crippen molar-refractivity contribution in [1.29, 1.82) is 0 Å². The standard InChI is InChI=1S/C20H25N5.C19H23N5.2C2H6.2B/c1-15-19(16-7-5-4-6-8-16)22-20(18-13-21-14-25(15)18)24-11-9-17(10-12-24)23(2)3;1-14-18(15-7-5-4-6-8-15)21-19(17-11-20-13-24(14)17)23-10-9-16(12-23)22(2)3;2*1-2;;/h4-8,13-14,17H,9-12H2,1-3H3;4-8,11,13,16H,9-10,12H2,1-3H3;2*1-2H3;;/t;16-;;;;/m.0..../s1. The maximum atomic E-state index is 5.09. The molecule has 0 bridgehead atoms. The van der Waals surface area contributed by atoms with Gasteiger partial charge in [0.15, 0.2) is 11.6 Å². The summed E-state index contributed by atoms with van der Waals surface area (Å²) in [4.78, 5) is 28.4. The van der Waals surface area contributed by atoms with Crippen LogP contribution < -0.4 is 9.80 Å². The molecule has 0 spiro atoms. The van der Waals surface area contributed by atoms with Crippen LogP contribution in [-0.2, 0) is 0 Å². The number of hydrogen-bond acceptors (Lipinski definition) is 8. The molecule has 10 nitrogen and oxygen atoms in total. The summed E-state index contributed by atoms with van der Waals surface area (Å²) in [5, 5.41) is 0. The number of nitrogens with zero attached hydrogens (tertiary/aromatic N) is 10. The molecule has 288 valence electrons. The van der Waals surface area contributed by atoms with Crippen molar-refractivity contribution in [2.45, 2.75) is 72.9 Å².